The molecule has 8 heteroatoms. The highest BCUT2D eigenvalue weighted by Gasteiger charge is 2.15. The number of nitrogens with one attached hydrogen (secondary N) is 1. The molecule has 0 amide bonds. The Balaban J connectivity index is 0.00000312. The van der Waals surface area contributed by atoms with Crippen LogP contribution in [0.15, 0.2) is 23.2 Å². The van der Waals surface area contributed by atoms with E-state index in [0.717, 1.165) is 31.6 Å². The van der Waals surface area contributed by atoms with Gasteiger partial charge in [0.25, 0.3) is 0 Å². The molecule has 1 atom stereocenters. The van der Waals surface area contributed by atoms with E-state index in [1.165, 1.54) is 0 Å². The van der Waals surface area contributed by atoms with Gasteiger partial charge in [0.05, 0.1) is 33.5 Å². The van der Waals surface area contributed by atoms with Gasteiger partial charge in [-0.1, -0.05) is 6.07 Å². The third-order valence-electron chi connectivity index (χ3n) is 3.75. The summed E-state index contributed by atoms with van der Waals surface area (Å²) >= 11 is 0. The van der Waals surface area contributed by atoms with E-state index < -0.39 is 0 Å². The fourth-order valence-electron chi connectivity index (χ4n) is 2.39. The molecular weight excluding hydrogens is 437 g/mol. The standard InChI is InChI=1S/C17H27N3O4.HI/c1-21-15-5-4-13(10-16(15)22-2)11-20-17(18)19-7-3-8-24-14-6-9-23-12-14;/h4-5,10,14H,3,6-9,11-12H2,1-2H3,(H3,18,19,20);1H. The molecular formula is C17H28IN3O4. The van der Waals surface area contributed by atoms with Gasteiger partial charge >= 0.3 is 0 Å². The van der Waals surface area contributed by atoms with E-state index in [-0.39, 0.29) is 30.1 Å². The average molecular weight is 465 g/mol. The van der Waals surface area contributed by atoms with E-state index in [0.29, 0.717) is 37.2 Å². The average Bonchev–Trinajstić information content (AvgIpc) is 3.12. The summed E-state index contributed by atoms with van der Waals surface area (Å²) in [4.78, 5) is 4.33. The Hall–Kier alpha value is -1.26. The van der Waals surface area contributed by atoms with Crippen molar-refractivity contribution in [1.29, 1.82) is 0 Å². The summed E-state index contributed by atoms with van der Waals surface area (Å²) in [6.07, 6.45) is 2.12. The number of nitrogens with two attached hydrogens (primary N) is 1. The van der Waals surface area contributed by atoms with E-state index >= 15 is 0 Å². The SMILES string of the molecule is COc1ccc(CN=C(N)NCCCOC2CCOC2)cc1OC.I. The minimum absolute atomic E-state index is 0. The molecule has 142 valence electrons. The van der Waals surface area contributed by atoms with Gasteiger partial charge in [-0.15, -0.1) is 24.0 Å². The number of methoxy groups -OCH3 is 2. The highest BCUT2D eigenvalue weighted by atomic mass is 127. The van der Waals surface area contributed by atoms with Gasteiger partial charge in [-0.3, -0.25) is 0 Å². The van der Waals surface area contributed by atoms with Crippen LogP contribution in [-0.2, 0) is 16.0 Å². The van der Waals surface area contributed by atoms with Crippen molar-refractivity contribution >= 4 is 29.9 Å². The third kappa shape index (κ3) is 7.66. The monoisotopic (exact) mass is 465 g/mol. The van der Waals surface area contributed by atoms with Crippen LogP contribution in [0.5, 0.6) is 11.5 Å². The lowest BCUT2D eigenvalue weighted by molar-refractivity contribution is 0.0420. The predicted octanol–water partition coefficient (Wildman–Crippen LogP) is 1.92. The molecule has 3 N–H and O–H groups in total. The molecule has 25 heavy (non-hydrogen) atoms. The summed E-state index contributed by atoms with van der Waals surface area (Å²) in [7, 11) is 3.22. The Bertz CT molecular complexity index is 537. The molecule has 0 saturated carbocycles. The molecule has 0 spiro atoms. The van der Waals surface area contributed by atoms with Gasteiger partial charge in [-0.25, -0.2) is 4.99 Å². The quantitative estimate of drug-likeness (QED) is 0.251. The zero-order chi connectivity index (χ0) is 17.2. The van der Waals surface area contributed by atoms with Gasteiger partial charge in [-0.05, 0) is 30.5 Å². The van der Waals surface area contributed by atoms with Gasteiger partial charge < -0.3 is 30.0 Å². The number of benzene rings is 1. The molecule has 0 bridgehead atoms. The second-order valence-electron chi connectivity index (χ2n) is 5.53. The minimum atomic E-state index is 0. The lowest BCUT2D eigenvalue weighted by atomic mass is 10.2. The van der Waals surface area contributed by atoms with Crippen LogP contribution >= 0.6 is 24.0 Å². The van der Waals surface area contributed by atoms with Gasteiger partial charge in [0.1, 0.15) is 0 Å². The Morgan fingerprint density at radius 1 is 1.32 bits per heavy atom. The largest absolute Gasteiger partial charge is 0.493 e. The van der Waals surface area contributed by atoms with E-state index in [1.807, 2.05) is 18.2 Å². The second kappa shape index (κ2) is 12.2. The van der Waals surface area contributed by atoms with Crippen molar-refractivity contribution in [2.75, 3.05) is 40.6 Å². The lowest BCUT2D eigenvalue weighted by Crippen LogP contribution is -2.33. The first-order chi connectivity index (χ1) is 11.7. The molecule has 1 fully saturated rings. The van der Waals surface area contributed by atoms with Crippen molar-refractivity contribution in [3.63, 3.8) is 0 Å². The van der Waals surface area contributed by atoms with Gasteiger partial charge in [0.2, 0.25) is 0 Å². The number of nitrogens with zero attached hydrogens (tertiary/aromatic N) is 1. The zero-order valence-corrected chi connectivity index (χ0v) is 17.2. The maximum absolute atomic E-state index is 5.87. The van der Waals surface area contributed by atoms with Crippen molar-refractivity contribution in [1.82, 2.24) is 5.32 Å². The summed E-state index contributed by atoms with van der Waals surface area (Å²) in [5, 5.41) is 3.09. The van der Waals surface area contributed by atoms with Gasteiger partial charge in [-0.2, -0.15) is 0 Å². The zero-order valence-electron chi connectivity index (χ0n) is 14.8. The summed E-state index contributed by atoms with van der Waals surface area (Å²) in [5.41, 5.74) is 6.88. The van der Waals surface area contributed by atoms with Crippen molar-refractivity contribution in [2.24, 2.45) is 10.7 Å². The summed E-state index contributed by atoms with van der Waals surface area (Å²) in [5.74, 6) is 1.81. The molecule has 1 aliphatic heterocycles. The lowest BCUT2D eigenvalue weighted by Gasteiger charge is -2.10. The van der Waals surface area contributed by atoms with E-state index in [9.17, 15) is 0 Å². The minimum Gasteiger partial charge on any atom is -0.493 e. The van der Waals surface area contributed by atoms with Crippen molar-refractivity contribution in [3.8, 4) is 11.5 Å². The highest BCUT2D eigenvalue weighted by Crippen LogP contribution is 2.27. The molecule has 0 aliphatic carbocycles. The molecule has 1 unspecified atom stereocenters. The van der Waals surface area contributed by atoms with Gasteiger partial charge in [0, 0.05) is 19.8 Å². The van der Waals surface area contributed by atoms with Crippen LogP contribution in [0.1, 0.15) is 18.4 Å². The number of hydrogen-bond acceptors (Lipinski definition) is 5. The second-order valence-corrected chi connectivity index (χ2v) is 5.53. The number of hydrogen-bond donors (Lipinski definition) is 2. The van der Waals surface area contributed by atoms with Crippen molar-refractivity contribution in [3.05, 3.63) is 23.8 Å². The Labute approximate surface area is 166 Å². The molecule has 1 aromatic carbocycles. The molecule has 0 aromatic heterocycles. The van der Waals surface area contributed by atoms with E-state index in [2.05, 4.69) is 10.3 Å². The molecule has 2 rings (SSSR count). The maximum atomic E-state index is 5.87. The van der Waals surface area contributed by atoms with Gasteiger partial charge in [0.15, 0.2) is 17.5 Å². The molecule has 1 aromatic rings. The number of rotatable bonds is 9. The number of halogens is 1. The van der Waals surface area contributed by atoms with Crippen molar-refractivity contribution < 1.29 is 18.9 Å². The van der Waals surface area contributed by atoms with Crippen LogP contribution < -0.4 is 20.5 Å². The van der Waals surface area contributed by atoms with Crippen LogP contribution in [0, 0.1) is 0 Å². The first-order valence-corrected chi connectivity index (χ1v) is 8.17. The molecule has 1 saturated heterocycles. The Kier molecular flexibility index (Phi) is 10.6. The highest BCUT2D eigenvalue weighted by molar-refractivity contribution is 14.0. The predicted molar refractivity (Wildman–Crippen MR) is 108 cm³/mol. The smallest absolute Gasteiger partial charge is 0.188 e. The molecule has 0 radical (unpaired) electrons. The normalized spacial score (nSPS) is 17.0. The van der Waals surface area contributed by atoms with E-state index in [1.54, 1.807) is 14.2 Å². The van der Waals surface area contributed by atoms with Crippen LogP contribution in [0.3, 0.4) is 0 Å². The maximum Gasteiger partial charge on any atom is 0.188 e. The third-order valence-corrected chi connectivity index (χ3v) is 3.75. The Morgan fingerprint density at radius 3 is 2.80 bits per heavy atom. The number of guanidine groups is 1. The topological polar surface area (TPSA) is 87.3 Å². The van der Waals surface area contributed by atoms with Crippen LogP contribution in [-0.4, -0.2) is 52.6 Å². The van der Waals surface area contributed by atoms with Crippen LogP contribution in [0.4, 0.5) is 0 Å². The fraction of sp³-hybridized carbons (Fsp3) is 0.588. The first kappa shape index (κ1) is 21.8. The fourth-order valence-corrected chi connectivity index (χ4v) is 2.39. The summed E-state index contributed by atoms with van der Waals surface area (Å²) in [6.45, 7) is 3.43. The summed E-state index contributed by atoms with van der Waals surface area (Å²) < 4.78 is 21.4. The van der Waals surface area contributed by atoms with Crippen LogP contribution in [0.25, 0.3) is 0 Å². The van der Waals surface area contributed by atoms with Crippen LogP contribution in [0.2, 0.25) is 0 Å². The Morgan fingerprint density at radius 2 is 2.12 bits per heavy atom. The number of ether oxygens (including phenoxy) is 4. The number of aliphatic imine (C=N–C) groups is 1. The molecule has 7 nitrogen and oxygen atoms in total. The first-order valence-electron chi connectivity index (χ1n) is 8.17. The van der Waals surface area contributed by atoms with Crippen molar-refractivity contribution in [2.45, 2.75) is 25.5 Å². The van der Waals surface area contributed by atoms with E-state index in [4.69, 9.17) is 24.7 Å². The molecule has 1 heterocycles. The summed E-state index contributed by atoms with van der Waals surface area (Å²) in [6, 6.07) is 5.69. The molecule has 1 aliphatic rings.